The molecular weight excluding hydrogens is 350 g/mol. The molecule has 2 rings (SSSR count). The second-order valence-electron chi connectivity index (χ2n) is 6.35. The topological polar surface area (TPSA) is 72.6 Å². The van der Waals surface area contributed by atoms with E-state index >= 15 is 0 Å². The fourth-order valence-electron chi connectivity index (χ4n) is 2.90. The van der Waals surface area contributed by atoms with E-state index < -0.39 is 0 Å². The van der Waals surface area contributed by atoms with Crippen LogP contribution < -0.4 is 10.5 Å². The van der Waals surface area contributed by atoms with Gasteiger partial charge in [-0.2, -0.15) is 0 Å². The number of methoxy groups -OCH3 is 1. The number of carbonyl (C=O) groups is 1. The maximum absolute atomic E-state index is 12.5. The maximum atomic E-state index is 12.5. The molecule has 0 spiro atoms. The minimum Gasteiger partial charge on any atom is -0.507 e. The Morgan fingerprint density at radius 3 is 2.36 bits per heavy atom. The van der Waals surface area contributed by atoms with E-state index in [9.17, 15) is 9.90 Å². The summed E-state index contributed by atoms with van der Waals surface area (Å²) in [4.78, 5) is 12.5. The van der Waals surface area contributed by atoms with E-state index in [4.69, 9.17) is 10.5 Å². The van der Waals surface area contributed by atoms with Crippen LogP contribution in [0.5, 0.6) is 11.5 Å². The van der Waals surface area contributed by atoms with E-state index in [0.29, 0.717) is 35.4 Å². The van der Waals surface area contributed by atoms with Crippen molar-refractivity contribution in [1.29, 1.82) is 0 Å². The summed E-state index contributed by atoms with van der Waals surface area (Å²) in [6, 6.07) is 8.66. The molecule has 0 aliphatic rings. The molecule has 0 bridgehead atoms. The molecule has 0 heterocycles. The molecular formula is C24H27NO3. The van der Waals surface area contributed by atoms with Crippen LogP contribution in [0.15, 0.2) is 60.7 Å². The Hall–Kier alpha value is -3.27. The number of phenolic OH excluding ortho intramolecular Hbond substituents is 1. The zero-order chi connectivity index (χ0) is 20.5. The van der Waals surface area contributed by atoms with Gasteiger partial charge in [-0.1, -0.05) is 24.3 Å². The SMILES string of the molecule is CC=CCc1cc(C=CC(=O)c2ccc(N)cc2)c(OC)c(CC=CC)c1O. The van der Waals surface area contributed by atoms with Gasteiger partial charge in [0.25, 0.3) is 0 Å². The molecule has 2 aromatic carbocycles. The Morgan fingerprint density at radius 1 is 1.11 bits per heavy atom. The number of phenols is 1. The van der Waals surface area contributed by atoms with Crippen molar-refractivity contribution in [3.63, 3.8) is 0 Å². The predicted molar refractivity (Wildman–Crippen MR) is 116 cm³/mol. The number of hydrogen-bond acceptors (Lipinski definition) is 4. The fourth-order valence-corrected chi connectivity index (χ4v) is 2.90. The zero-order valence-corrected chi connectivity index (χ0v) is 16.6. The number of allylic oxidation sites excluding steroid dienone is 5. The minimum atomic E-state index is -0.125. The third-order valence-corrected chi connectivity index (χ3v) is 4.40. The van der Waals surface area contributed by atoms with Crippen LogP contribution >= 0.6 is 0 Å². The number of hydrogen-bond donors (Lipinski definition) is 2. The normalized spacial score (nSPS) is 11.7. The Bertz CT molecular complexity index is 906. The van der Waals surface area contributed by atoms with E-state index in [1.54, 1.807) is 37.5 Å². The number of ether oxygens (including phenoxy) is 1. The molecule has 0 saturated heterocycles. The molecule has 0 aliphatic heterocycles. The van der Waals surface area contributed by atoms with E-state index in [1.165, 1.54) is 6.08 Å². The lowest BCUT2D eigenvalue weighted by Gasteiger charge is -2.16. The van der Waals surface area contributed by atoms with Crippen LogP contribution in [0.3, 0.4) is 0 Å². The van der Waals surface area contributed by atoms with Crippen molar-refractivity contribution in [1.82, 2.24) is 0 Å². The molecule has 0 radical (unpaired) electrons. The summed E-state index contributed by atoms with van der Waals surface area (Å²) in [7, 11) is 1.57. The number of rotatable bonds is 8. The van der Waals surface area contributed by atoms with Crippen molar-refractivity contribution in [3.05, 3.63) is 83.0 Å². The summed E-state index contributed by atoms with van der Waals surface area (Å²) in [6.45, 7) is 3.87. The van der Waals surface area contributed by atoms with Gasteiger partial charge < -0.3 is 15.6 Å². The summed E-state index contributed by atoms with van der Waals surface area (Å²) in [5.41, 5.74) is 9.10. The monoisotopic (exact) mass is 377 g/mol. The third kappa shape index (κ3) is 5.13. The smallest absolute Gasteiger partial charge is 0.185 e. The Labute approximate surface area is 166 Å². The quantitative estimate of drug-likeness (QED) is 0.290. The van der Waals surface area contributed by atoms with Crippen LogP contribution in [-0.2, 0) is 12.8 Å². The molecule has 0 aliphatic carbocycles. The van der Waals surface area contributed by atoms with Crippen molar-refractivity contribution >= 4 is 17.5 Å². The van der Waals surface area contributed by atoms with Gasteiger partial charge in [-0.15, -0.1) is 0 Å². The molecule has 4 nitrogen and oxygen atoms in total. The highest BCUT2D eigenvalue weighted by Crippen LogP contribution is 2.37. The van der Waals surface area contributed by atoms with Crippen LogP contribution in [0, 0.1) is 0 Å². The van der Waals surface area contributed by atoms with Gasteiger partial charge in [-0.25, -0.2) is 0 Å². The molecule has 0 amide bonds. The summed E-state index contributed by atoms with van der Waals surface area (Å²) in [6.07, 6.45) is 12.2. The second kappa shape index (κ2) is 10.2. The summed E-state index contributed by atoms with van der Waals surface area (Å²) in [5.74, 6) is 0.677. The molecule has 28 heavy (non-hydrogen) atoms. The van der Waals surface area contributed by atoms with Crippen molar-refractivity contribution in [2.75, 3.05) is 12.8 Å². The molecule has 0 unspecified atom stereocenters. The molecule has 3 N–H and O–H groups in total. The number of benzene rings is 2. The molecule has 0 fully saturated rings. The highest BCUT2D eigenvalue weighted by Gasteiger charge is 2.16. The van der Waals surface area contributed by atoms with Crippen molar-refractivity contribution < 1.29 is 14.6 Å². The third-order valence-electron chi connectivity index (χ3n) is 4.40. The van der Waals surface area contributed by atoms with Crippen molar-refractivity contribution in [2.24, 2.45) is 0 Å². The molecule has 2 aromatic rings. The summed E-state index contributed by atoms with van der Waals surface area (Å²) in [5, 5.41) is 10.7. The lowest BCUT2D eigenvalue weighted by molar-refractivity contribution is 0.104. The highest BCUT2D eigenvalue weighted by atomic mass is 16.5. The first-order chi connectivity index (χ1) is 13.5. The number of aromatic hydroxyl groups is 1. The average molecular weight is 377 g/mol. The average Bonchev–Trinajstić information content (AvgIpc) is 2.70. The number of anilines is 1. The molecule has 146 valence electrons. The lowest BCUT2D eigenvalue weighted by atomic mass is 9.97. The fraction of sp³-hybridized carbons (Fsp3) is 0.208. The first kappa shape index (κ1) is 21.0. The number of nitrogens with two attached hydrogens (primary N) is 1. The number of ketones is 1. The molecule has 4 heteroatoms. The summed E-state index contributed by atoms with van der Waals surface area (Å²) < 4.78 is 5.58. The Kier molecular flexibility index (Phi) is 7.64. The van der Waals surface area contributed by atoms with Gasteiger partial charge in [0.2, 0.25) is 0 Å². The van der Waals surface area contributed by atoms with Gasteiger partial charge in [0, 0.05) is 22.4 Å². The standard InChI is InChI=1S/C24H27NO3/c1-4-6-8-18-16-19(24(28-3)21(23(18)27)9-7-5-2)12-15-22(26)17-10-13-20(25)14-11-17/h4-7,10-16,27H,8-9,25H2,1-3H3. The first-order valence-electron chi connectivity index (χ1n) is 9.23. The molecule has 0 aromatic heterocycles. The zero-order valence-electron chi connectivity index (χ0n) is 16.6. The Balaban J connectivity index is 2.47. The lowest BCUT2D eigenvalue weighted by Crippen LogP contribution is -1.99. The maximum Gasteiger partial charge on any atom is 0.185 e. The highest BCUT2D eigenvalue weighted by molar-refractivity contribution is 6.07. The van der Waals surface area contributed by atoms with Gasteiger partial charge in [0.05, 0.1) is 7.11 Å². The largest absolute Gasteiger partial charge is 0.507 e. The first-order valence-corrected chi connectivity index (χ1v) is 9.23. The van der Waals surface area contributed by atoms with E-state index in [2.05, 4.69) is 0 Å². The number of nitrogen functional groups attached to an aromatic ring is 1. The minimum absolute atomic E-state index is 0.125. The Morgan fingerprint density at radius 2 is 1.75 bits per heavy atom. The van der Waals surface area contributed by atoms with Gasteiger partial charge >= 0.3 is 0 Å². The van der Waals surface area contributed by atoms with Crippen molar-refractivity contribution in [2.45, 2.75) is 26.7 Å². The van der Waals surface area contributed by atoms with Gasteiger partial charge in [0.15, 0.2) is 5.78 Å². The van der Waals surface area contributed by atoms with Crippen LogP contribution in [0.4, 0.5) is 5.69 Å². The van der Waals surface area contributed by atoms with Crippen LogP contribution in [0.25, 0.3) is 6.08 Å². The van der Waals surface area contributed by atoms with E-state index in [1.807, 2.05) is 44.2 Å². The molecule has 0 saturated carbocycles. The van der Waals surface area contributed by atoms with E-state index in [-0.39, 0.29) is 11.5 Å². The number of carbonyl (C=O) groups excluding carboxylic acids is 1. The van der Waals surface area contributed by atoms with Crippen LogP contribution in [0.2, 0.25) is 0 Å². The van der Waals surface area contributed by atoms with Gasteiger partial charge in [0.1, 0.15) is 11.5 Å². The van der Waals surface area contributed by atoms with Crippen LogP contribution in [-0.4, -0.2) is 18.0 Å². The predicted octanol–water partition coefficient (Wildman–Crippen LogP) is 5.12. The summed E-state index contributed by atoms with van der Waals surface area (Å²) >= 11 is 0. The van der Waals surface area contributed by atoms with Gasteiger partial charge in [-0.05, 0) is 74.7 Å². The van der Waals surface area contributed by atoms with Crippen LogP contribution in [0.1, 0.15) is 40.9 Å². The second-order valence-corrected chi connectivity index (χ2v) is 6.35. The van der Waals surface area contributed by atoms with Crippen molar-refractivity contribution in [3.8, 4) is 11.5 Å². The van der Waals surface area contributed by atoms with E-state index in [0.717, 1.165) is 11.1 Å². The molecule has 0 atom stereocenters. The van der Waals surface area contributed by atoms with Gasteiger partial charge in [-0.3, -0.25) is 4.79 Å².